The summed E-state index contributed by atoms with van der Waals surface area (Å²) < 4.78 is 40.9. The van der Waals surface area contributed by atoms with E-state index in [9.17, 15) is 22.8 Å². The van der Waals surface area contributed by atoms with Crippen LogP contribution in [0.2, 0.25) is 0 Å². The standard InChI is InChI=1S/C44H60N8O7S2/c1-26(2)39(50(6)23-28-15-17-45-22-28)41(53)48-34-20-37-47-35(24-60-37)29-13-14-36-31(19-29)32(21-44(4,5)25-59-43(55)33-12-10-18-51(49-33)42(34)54)40(52(36)61(8,56)57)30-11-9-16-46-38(30)27(3)58-7/h9,11,13-14,16,19,24,26-28,33-34,39,45,49H,10,12,15,17-18,20-23,25H2,1-8H3,(H,48,53)/t27-,28?,33-,34-,39-/m0/s1. The minimum Gasteiger partial charge on any atom is -0.464 e. The Bertz CT molecular complexity index is 2370. The van der Waals surface area contributed by atoms with E-state index in [1.807, 2.05) is 65.2 Å². The SMILES string of the molecule is CO[C@@H](C)c1ncccc1-c1c2c3cc(ccc3n1S(C)(=O)=O)-c1csc(n1)C[C@H](NC(=O)[C@H](C(C)C)N(C)CC1CCNC1)C(=O)N1CCC[C@H](N1)C(=O)OCC(C)(C)C2. The highest BCUT2D eigenvalue weighted by Crippen LogP contribution is 2.42. The molecule has 1 unspecified atom stereocenters. The van der Waals surface area contributed by atoms with Gasteiger partial charge in [0.15, 0.2) is 0 Å². The minimum atomic E-state index is -3.89. The summed E-state index contributed by atoms with van der Waals surface area (Å²) in [5, 5.41) is 11.2. The fourth-order valence-electron chi connectivity index (χ4n) is 9.11. The third-order valence-electron chi connectivity index (χ3n) is 12.1. The first-order valence-electron chi connectivity index (χ1n) is 21.2. The molecule has 0 aliphatic carbocycles. The highest BCUT2D eigenvalue weighted by Gasteiger charge is 2.38. The second-order valence-electron chi connectivity index (χ2n) is 18.0. The maximum absolute atomic E-state index is 14.5. The van der Waals surface area contributed by atoms with E-state index in [-0.39, 0.29) is 30.8 Å². The molecule has 0 spiro atoms. The van der Waals surface area contributed by atoms with Gasteiger partial charge in [-0.15, -0.1) is 11.3 Å². The van der Waals surface area contributed by atoms with Crippen molar-refractivity contribution in [3.05, 3.63) is 58.2 Å². The maximum atomic E-state index is 14.5. The number of rotatable bonds is 10. The molecule has 5 atom stereocenters. The molecule has 3 aliphatic heterocycles. The van der Waals surface area contributed by atoms with E-state index >= 15 is 0 Å². The molecule has 2 amide bonds. The number of nitrogens with zero attached hydrogens (tertiary/aromatic N) is 5. The number of thiazole rings is 1. The quantitative estimate of drug-likeness (QED) is 0.190. The van der Waals surface area contributed by atoms with E-state index in [4.69, 9.17) is 14.5 Å². The molecule has 6 bridgehead atoms. The van der Waals surface area contributed by atoms with Crippen LogP contribution in [0.1, 0.15) is 76.3 Å². The minimum absolute atomic E-state index is 0.0200. The number of carbonyl (C=O) groups excluding carboxylic acids is 3. The van der Waals surface area contributed by atoms with Crippen LogP contribution in [0.25, 0.3) is 33.4 Å². The van der Waals surface area contributed by atoms with Gasteiger partial charge in [-0.25, -0.2) is 22.8 Å². The summed E-state index contributed by atoms with van der Waals surface area (Å²) in [5.41, 5.74) is 6.79. The van der Waals surface area contributed by atoms with Crippen molar-refractivity contribution in [3.63, 3.8) is 0 Å². The smallest absolute Gasteiger partial charge is 0.324 e. The first kappa shape index (κ1) is 44.8. The molecule has 17 heteroatoms. The predicted octanol–water partition coefficient (Wildman–Crippen LogP) is 4.56. The van der Waals surface area contributed by atoms with Crippen molar-refractivity contribution in [2.45, 2.75) is 91.0 Å². The molecule has 3 aliphatic rings. The number of esters is 1. The van der Waals surface area contributed by atoms with Crippen LogP contribution in [0.15, 0.2) is 41.9 Å². The van der Waals surface area contributed by atoms with Crippen molar-refractivity contribution in [3.8, 4) is 22.5 Å². The van der Waals surface area contributed by atoms with Crippen LogP contribution < -0.4 is 16.1 Å². The molecule has 0 radical (unpaired) electrons. The van der Waals surface area contributed by atoms with Gasteiger partial charge in [-0.1, -0.05) is 33.8 Å². The molecular weight excluding hydrogens is 817 g/mol. The van der Waals surface area contributed by atoms with E-state index in [2.05, 4.69) is 25.9 Å². The van der Waals surface area contributed by atoms with Crippen LogP contribution in [-0.4, -0.2) is 121 Å². The summed E-state index contributed by atoms with van der Waals surface area (Å²) >= 11 is 1.39. The molecule has 3 aromatic heterocycles. The average Bonchev–Trinajstić information content (AvgIpc) is 3.98. The number of cyclic esters (lactones) is 1. The number of amides is 2. The Kier molecular flexibility index (Phi) is 13.4. The van der Waals surface area contributed by atoms with Crippen molar-refractivity contribution >= 4 is 50.0 Å². The van der Waals surface area contributed by atoms with Crippen molar-refractivity contribution in [1.82, 2.24) is 39.9 Å². The Labute approximate surface area is 363 Å². The summed E-state index contributed by atoms with van der Waals surface area (Å²) in [4.78, 5) is 54.4. The number of hydrogen-bond donors (Lipinski definition) is 3. The molecule has 1 aromatic carbocycles. The Morgan fingerprint density at radius 2 is 1.97 bits per heavy atom. The lowest BCUT2D eigenvalue weighted by atomic mass is 9.84. The zero-order chi connectivity index (χ0) is 43.8. The topological polar surface area (TPSA) is 177 Å². The summed E-state index contributed by atoms with van der Waals surface area (Å²) in [7, 11) is -0.333. The monoisotopic (exact) mass is 876 g/mol. The fraction of sp³-hybridized carbons (Fsp3) is 0.568. The molecule has 3 N–H and O–H groups in total. The molecule has 2 saturated heterocycles. The van der Waals surface area contributed by atoms with Crippen LogP contribution in [0.3, 0.4) is 0 Å². The molecule has 2 fully saturated rings. The second kappa shape index (κ2) is 18.2. The van der Waals surface area contributed by atoms with Gasteiger partial charge in [0, 0.05) is 60.1 Å². The van der Waals surface area contributed by atoms with E-state index in [0.717, 1.165) is 37.2 Å². The van der Waals surface area contributed by atoms with Gasteiger partial charge >= 0.3 is 5.97 Å². The summed E-state index contributed by atoms with van der Waals surface area (Å²) in [6, 6.07) is 7.03. The number of nitrogens with one attached hydrogen (secondary N) is 3. The lowest BCUT2D eigenvalue weighted by molar-refractivity contribution is -0.155. The number of aromatic nitrogens is 3. The summed E-state index contributed by atoms with van der Waals surface area (Å²) in [6.07, 6.45) is 4.94. The third kappa shape index (κ3) is 9.71. The van der Waals surface area contributed by atoms with Crippen molar-refractivity contribution in [1.29, 1.82) is 0 Å². The van der Waals surface area contributed by atoms with Crippen LogP contribution in [0, 0.1) is 17.3 Å². The van der Waals surface area contributed by atoms with Crippen LogP contribution >= 0.6 is 11.3 Å². The zero-order valence-electron chi connectivity index (χ0n) is 36.5. The van der Waals surface area contributed by atoms with Crippen molar-refractivity contribution in [2.24, 2.45) is 17.3 Å². The van der Waals surface area contributed by atoms with E-state index < -0.39 is 45.6 Å². The third-order valence-corrected chi connectivity index (χ3v) is 14.0. The van der Waals surface area contributed by atoms with Gasteiger partial charge in [-0.2, -0.15) is 0 Å². The lowest BCUT2D eigenvalue weighted by Crippen LogP contribution is -2.62. The Morgan fingerprint density at radius 3 is 2.67 bits per heavy atom. The zero-order valence-corrected chi connectivity index (χ0v) is 38.1. The number of methoxy groups -OCH3 is 1. The number of carbonyl (C=O) groups is 3. The van der Waals surface area contributed by atoms with Crippen molar-refractivity contribution in [2.75, 3.05) is 53.2 Å². The maximum Gasteiger partial charge on any atom is 0.324 e. The van der Waals surface area contributed by atoms with Crippen LogP contribution in [-0.2, 0) is 46.7 Å². The Morgan fingerprint density at radius 1 is 1.18 bits per heavy atom. The van der Waals surface area contributed by atoms with E-state index in [1.54, 1.807) is 25.4 Å². The Hall–Kier alpha value is -4.26. The van der Waals surface area contributed by atoms with Crippen LogP contribution in [0.4, 0.5) is 0 Å². The highest BCUT2D eigenvalue weighted by atomic mass is 32.2. The van der Waals surface area contributed by atoms with Crippen LogP contribution in [0.5, 0.6) is 0 Å². The number of benzene rings is 1. The first-order chi connectivity index (χ1) is 29.0. The van der Waals surface area contributed by atoms with Gasteiger partial charge in [0.05, 0.1) is 52.6 Å². The van der Waals surface area contributed by atoms with Gasteiger partial charge < -0.3 is 20.1 Å². The highest BCUT2D eigenvalue weighted by molar-refractivity contribution is 7.89. The molecule has 4 aromatic rings. The van der Waals surface area contributed by atoms with Gasteiger partial charge in [0.1, 0.15) is 12.1 Å². The number of hydrazine groups is 1. The average molecular weight is 877 g/mol. The number of hydrogen-bond acceptors (Lipinski definition) is 13. The second-order valence-corrected chi connectivity index (χ2v) is 20.8. The first-order valence-corrected chi connectivity index (χ1v) is 23.9. The van der Waals surface area contributed by atoms with Gasteiger partial charge in [-0.05, 0) is 94.4 Å². The summed E-state index contributed by atoms with van der Waals surface area (Å²) in [6.45, 7) is 12.9. The molecule has 6 heterocycles. The van der Waals surface area contributed by atoms with Crippen molar-refractivity contribution < 1.29 is 32.3 Å². The molecule has 330 valence electrons. The largest absolute Gasteiger partial charge is 0.464 e. The predicted molar refractivity (Wildman–Crippen MR) is 236 cm³/mol. The van der Waals surface area contributed by atoms with Gasteiger partial charge in [0.25, 0.3) is 5.91 Å². The lowest BCUT2D eigenvalue weighted by Gasteiger charge is -2.36. The Balaban J connectivity index is 1.33. The van der Waals surface area contributed by atoms with Gasteiger partial charge in [-0.3, -0.25) is 29.3 Å². The number of pyridine rings is 1. The molecular formula is C44H60N8O7S2. The fourth-order valence-corrected chi connectivity index (χ4v) is 11.0. The molecule has 15 nitrogen and oxygen atoms in total. The molecule has 61 heavy (non-hydrogen) atoms. The number of ether oxygens (including phenoxy) is 2. The number of fused-ring (bicyclic) bond motifs is 6. The summed E-state index contributed by atoms with van der Waals surface area (Å²) in [5.74, 6) is -0.680. The van der Waals surface area contributed by atoms with E-state index in [0.29, 0.717) is 70.3 Å². The number of likely N-dealkylation sites (N-methyl/N-ethyl adjacent to an activating group) is 1. The van der Waals surface area contributed by atoms with E-state index in [1.165, 1.54) is 26.6 Å². The van der Waals surface area contributed by atoms with Gasteiger partial charge in [0.2, 0.25) is 15.9 Å². The molecule has 0 saturated carbocycles. The molecule has 7 rings (SSSR count). The normalized spacial score (nSPS) is 22.3.